The van der Waals surface area contributed by atoms with Crippen molar-refractivity contribution in [3.8, 4) is 0 Å². The van der Waals surface area contributed by atoms with Crippen molar-refractivity contribution in [3.05, 3.63) is 24.3 Å². The molecule has 0 amide bonds. The predicted molar refractivity (Wildman–Crippen MR) is 261 cm³/mol. The van der Waals surface area contributed by atoms with Gasteiger partial charge in [-0.05, 0) is 44.9 Å². The minimum Gasteiger partial charge on any atom is -0.462 e. The molecule has 0 radical (unpaired) electrons. The fraction of sp³-hybridized carbons (Fsp3) is 0.885. The highest BCUT2D eigenvalue weighted by Gasteiger charge is 2.27. The van der Waals surface area contributed by atoms with Crippen molar-refractivity contribution in [1.82, 2.24) is 0 Å². The zero-order valence-corrected chi connectivity index (χ0v) is 42.3. The SMILES string of the molecule is CCCCC/C=C\C/C=C\CCCCCCCCCC(=O)OC(COC(=O)CCCCCCCCCCCCCCCCCCCCCCC)COP(=O)(O)OCC[N+](C)(C)C. The second-order valence-corrected chi connectivity index (χ2v) is 20.4. The van der Waals surface area contributed by atoms with Gasteiger partial charge in [0.05, 0.1) is 27.7 Å². The predicted octanol–water partition coefficient (Wildman–Crippen LogP) is 15.5. The van der Waals surface area contributed by atoms with E-state index < -0.39 is 26.5 Å². The molecule has 0 aliphatic carbocycles. The smallest absolute Gasteiger partial charge is 0.462 e. The summed E-state index contributed by atoms with van der Waals surface area (Å²) < 4.78 is 34.5. The Morgan fingerprint density at radius 3 is 1.31 bits per heavy atom. The van der Waals surface area contributed by atoms with Gasteiger partial charge in [-0.15, -0.1) is 0 Å². The van der Waals surface area contributed by atoms with Gasteiger partial charge in [0.2, 0.25) is 0 Å². The molecule has 0 aromatic rings. The van der Waals surface area contributed by atoms with E-state index in [9.17, 15) is 19.0 Å². The summed E-state index contributed by atoms with van der Waals surface area (Å²) in [7, 11) is 1.48. The van der Waals surface area contributed by atoms with Gasteiger partial charge < -0.3 is 18.9 Å². The van der Waals surface area contributed by atoms with Gasteiger partial charge >= 0.3 is 19.8 Å². The van der Waals surface area contributed by atoms with Gasteiger partial charge in [0, 0.05) is 12.8 Å². The average Bonchev–Trinajstić information content (AvgIpc) is 3.23. The van der Waals surface area contributed by atoms with Gasteiger partial charge in [-0.25, -0.2) is 4.57 Å². The summed E-state index contributed by atoms with van der Waals surface area (Å²) in [6, 6.07) is 0. The Bertz CT molecular complexity index is 1110. The first-order valence-electron chi connectivity index (χ1n) is 26.1. The number of allylic oxidation sites excluding steroid dienone is 4. The van der Waals surface area contributed by atoms with Crippen LogP contribution in [0.25, 0.3) is 0 Å². The average molecular weight is 899 g/mol. The van der Waals surface area contributed by atoms with Crippen molar-refractivity contribution in [3.63, 3.8) is 0 Å². The van der Waals surface area contributed by atoms with Crippen LogP contribution in [0.3, 0.4) is 0 Å². The third-order valence-corrected chi connectivity index (χ3v) is 12.5. The van der Waals surface area contributed by atoms with Gasteiger partial charge in [0.25, 0.3) is 0 Å². The maximum atomic E-state index is 12.7. The molecule has 0 spiro atoms. The normalized spacial score (nSPS) is 13.6. The zero-order valence-electron chi connectivity index (χ0n) is 41.4. The maximum absolute atomic E-state index is 12.7. The van der Waals surface area contributed by atoms with Crippen LogP contribution in [-0.2, 0) is 32.7 Å². The standard InChI is InChI=1S/C52H100NO8P/c1-6-8-10-12-14-16-18-20-22-24-25-26-27-29-30-32-34-36-38-40-42-44-51(54)58-48-50(49-60-62(56,57)59-47-46-53(3,4)5)61-52(55)45-43-41-39-37-35-33-31-28-23-21-19-17-15-13-11-9-7-2/h15,17,21,23,50H,6-14,16,18-20,22,24-49H2,1-5H3/p+1/b17-15-,23-21-. The molecule has 9 nitrogen and oxygen atoms in total. The van der Waals surface area contributed by atoms with Crippen molar-refractivity contribution in [2.75, 3.05) is 47.5 Å². The fourth-order valence-corrected chi connectivity index (χ4v) is 8.14. The van der Waals surface area contributed by atoms with E-state index in [0.717, 1.165) is 51.4 Å². The molecule has 0 rings (SSSR count). The number of nitrogens with zero attached hydrogens (tertiary/aromatic N) is 1. The van der Waals surface area contributed by atoms with Crippen molar-refractivity contribution in [1.29, 1.82) is 0 Å². The first-order chi connectivity index (χ1) is 30.0. The number of esters is 2. The minimum absolute atomic E-state index is 0.0321. The number of unbranched alkanes of at least 4 members (excludes halogenated alkanes) is 30. The molecule has 0 saturated heterocycles. The highest BCUT2D eigenvalue weighted by atomic mass is 31.2. The van der Waals surface area contributed by atoms with E-state index in [1.54, 1.807) is 0 Å². The van der Waals surface area contributed by atoms with Gasteiger partial charge in [-0.3, -0.25) is 18.6 Å². The summed E-state index contributed by atoms with van der Waals surface area (Å²) >= 11 is 0. The van der Waals surface area contributed by atoms with E-state index in [1.807, 2.05) is 21.1 Å². The van der Waals surface area contributed by atoms with Crippen LogP contribution in [0.15, 0.2) is 24.3 Å². The van der Waals surface area contributed by atoms with Crippen molar-refractivity contribution < 1.29 is 42.1 Å². The van der Waals surface area contributed by atoms with E-state index >= 15 is 0 Å². The van der Waals surface area contributed by atoms with E-state index in [0.29, 0.717) is 23.9 Å². The van der Waals surface area contributed by atoms with Crippen LogP contribution < -0.4 is 0 Å². The monoisotopic (exact) mass is 899 g/mol. The van der Waals surface area contributed by atoms with E-state index in [1.165, 1.54) is 161 Å². The van der Waals surface area contributed by atoms with Crippen LogP contribution in [0.4, 0.5) is 0 Å². The summed E-state index contributed by atoms with van der Waals surface area (Å²) in [4.78, 5) is 35.5. The molecule has 0 heterocycles. The van der Waals surface area contributed by atoms with Crippen LogP contribution in [0.1, 0.15) is 245 Å². The number of phosphoric ester groups is 1. The molecule has 10 heteroatoms. The molecule has 366 valence electrons. The number of rotatable bonds is 48. The van der Waals surface area contributed by atoms with E-state index in [2.05, 4.69) is 38.2 Å². The maximum Gasteiger partial charge on any atom is 0.472 e. The number of carbonyl (C=O) groups excluding carboxylic acids is 2. The Balaban J connectivity index is 4.21. The summed E-state index contributed by atoms with van der Waals surface area (Å²) in [5.41, 5.74) is 0. The Morgan fingerprint density at radius 2 is 0.871 bits per heavy atom. The van der Waals surface area contributed by atoms with Gasteiger partial charge in [0.15, 0.2) is 6.10 Å². The van der Waals surface area contributed by atoms with Crippen molar-refractivity contribution in [2.24, 2.45) is 0 Å². The third kappa shape index (κ3) is 48.0. The van der Waals surface area contributed by atoms with Crippen LogP contribution in [-0.4, -0.2) is 74.9 Å². The van der Waals surface area contributed by atoms with Crippen LogP contribution >= 0.6 is 7.82 Å². The molecule has 2 unspecified atom stereocenters. The topological polar surface area (TPSA) is 108 Å². The quantitative estimate of drug-likeness (QED) is 0.0211. The molecular formula is C52H101NO8P+. The molecule has 0 aromatic carbocycles. The lowest BCUT2D eigenvalue weighted by atomic mass is 10.0. The molecule has 0 saturated carbocycles. The lowest BCUT2D eigenvalue weighted by molar-refractivity contribution is -0.870. The van der Waals surface area contributed by atoms with Crippen LogP contribution in [0, 0.1) is 0 Å². The molecular weight excluding hydrogens is 798 g/mol. The summed E-state index contributed by atoms with van der Waals surface area (Å²) in [5, 5.41) is 0. The lowest BCUT2D eigenvalue weighted by Crippen LogP contribution is -2.37. The Labute approximate surface area is 383 Å². The fourth-order valence-electron chi connectivity index (χ4n) is 7.40. The Hall–Kier alpha value is -1.51. The second kappa shape index (κ2) is 44.7. The molecule has 0 aliphatic rings. The van der Waals surface area contributed by atoms with Gasteiger partial charge in [-0.1, -0.05) is 212 Å². The molecule has 1 N–H and O–H groups in total. The molecule has 62 heavy (non-hydrogen) atoms. The number of likely N-dealkylation sites (N-methyl/N-ethyl adjacent to an activating group) is 1. The number of hydrogen-bond donors (Lipinski definition) is 1. The van der Waals surface area contributed by atoms with E-state index in [-0.39, 0.29) is 25.6 Å². The Kier molecular flexibility index (Phi) is 43.6. The molecule has 0 aliphatic heterocycles. The molecule has 0 aromatic heterocycles. The molecule has 0 fully saturated rings. The number of quaternary nitrogens is 1. The number of carbonyl (C=O) groups is 2. The highest BCUT2D eigenvalue weighted by molar-refractivity contribution is 7.47. The lowest BCUT2D eigenvalue weighted by Gasteiger charge is -2.24. The van der Waals surface area contributed by atoms with Crippen molar-refractivity contribution in [2.45, 2.75) is 251 Å². The Morgan fingerprint density at radius 1 is 0.500 bits per heavy atom. The minimum atomic E-state index is -4.38. The number of phosphoric acid groups is 1. The highest BCUT2D eigenvalue weighted by Crippen LogP contribution is 2.43. The van der Waals surface area contributed by atoms with Crippen LogP contribution in [0.5, 0.6) is 0 Å². The molecule has 0 bridgehead atoms. The third-order valence-electron chi connectivity index (χ3n) is 11.5. The zero-order chi connectivity index (χ0) is 45.7. The van der Waals surface area contributed by atoms with Crippen molar-refractivity contribution >= 4 is 19.8 Å². The van der Waals surface area contributed by atoms with Gasteiger partial charge in [0.1, 0.15) is 19.8 Å². The first kappa shape index (κ1) is 60.5. The van der Waals surface area contributed by atoms with Crippen LogP contribution in [0.2, 0.25) is 0 Å². The molecule has 2 atom stereocenters. The summed E-state index contributed by atoms with van der Waals surface area (Å²) in [5.74, 6) is -0.795. The number of ether oxygens (including phenoxy) is 2. The second-order valence-electron chi connectivity index (χ2n) is 18.9. The summed E-state index contributed by atoms with van der Waals surface area (Å²) in [6.45, 7) is 4.43. The summed E-state index contributed by atoms with van der Waals surface area (Å²) in [6.07, 6.45) is 50.8. The van der Waals surface area contributed by atoms with Gasteiger partial charge in [-0.2, -0.15) is 0 Å². The van der Waals surface area contributed by atoms with E-state index in [4.69, 9.17) is 18.5 Å². The largest absolute Gasteiger partial charge is 0.472 e. The first-order valence-corrected chi connectivity index (χ1v) is 27.6. The number of hydrogen-bond acceptors (Lipinski definition) is 7.